The van der Waals surface area contributed by atoms with Gasteiger partial charge in [-0.3, -0.25) is 4.79 Å². The van der Waals surface area contributed by atoms with Crippen LogP contribution in [0.2, 0.25) is 0 Å². The van der Waals surface area contributed by atoms with Crippen molar-refractivity contribution in [1.82, 2.24) is 4.57 Å². The molecule has 4 heteroatoms. The lowest BCUT2D eigenvalue weighted by Gasteiger charge is -2.14. The van der Waals surface area contributed by atoms with Gasteiger partial charge in [-0.25, -0.2) is 0 Å². The number of nitrogens with zero attached hydrogens (tertiary/aromatic N) is 2. The Morgan fingerprint density at radius 1 is 1.54 bits per heavy atom. The van der Waals surface area contributed by atoms with Gasteiger partial charge in [0.05, 0.1) is 0 Å². The molecular weight excluding hydrogens is 232 g/mol. The maximum absolute atomic E-state index is 11.5. The Morgan fingerprint density at radius 3 is 3.08 bits per heavy atom. The predicted octanol–water partition coefficient (Wildman–Crippen LogP) is 2.01. The first-order chi connectivity index (χ1) is 6.18. The largest absolute Gasteiger partial charge is 0.333 e. The molecule has 0 fully saturated rings. The van der Waals surface area contributed by atoms with E-state index >= 15 is 0 Å². The molecular formula is C9H11BrN2O. The molecule has 0 saturated carbocycles. The van der Waals surface area contributed by atoms with Crippen molar-refractivity contribution in [1.29, 1.82) is 0 Å². The van der Waals surface area contributed by atoms with Gasteiger partial charge in [0.1, 0.15) is 5.82 Å². The van der Waals surface area contributed by atoms with Crippen LogP contribution in [0.15, 0.2) is 16.7 Å². The lowest BCUT2D eigenvalue weighted by molar-refractivity contribution is -0.118. The highest BCUT2D eigenvalue weighted by molar-refractivity contribution is 9.10. The van der Waals surface area contributed by atoms with Crippen LogP contribution in [0, 0.1) is 0 Å². The lowest BCUT2D eigenvalue weighted by Crippen LogP contribution is -2.25. The van der Waals surface area contributed by atoms with E-state index in [4.69, 9.17) is 0 Å². The number of fused-ring (bicyclic) bond motifs is 1. The zero-order valence-corrected chi connectivity index (χ0v) is 9.04. The van der Waals surface area contributed by atoms with Crippen LogP contribution in [-0.2, 0) is 11.3 Å². The van der Waals surface area contributed by atoms with Gasteiger partial charge in [-0.15, -0.1) is 0 Å². The Hall–Kier alpha value is -0.770. The Labute approximate surface area is 85.5 Å². The predicted molar refractivity (Wildman–Crippen MR) is 54.8 cm³/mol. The van der Waals surface area contributed by atoms with Crippen LogP contribution in [0.3, 0.4) is 0 Å². The molecule has 0 bridgehead atoms. The average Bonchev–Trinajstić information content (AvgIpc) is 2.40. The van der Waals surface area contributed by atoms with Crippen LogP contribution in [-0.4, -0.2) is 17.5 Å². The van der Waals surface area contributed by atoms with E-state index in [1.807, 2.05) is 19.3 Å². The summed E-state index contributed by atoms with van der Waals surface area (Å²) in [5.74, 6) is 1.18. The monoisotopic (exact) mass is 242 g/mol. The first kappa shape index (κ1) is 8.81. The van der Waals surface area contributed by atoms with E-state index in [-0.39, 0.29) is 5.91 Å². The molecule has 0 unspecified atom stereocenters. The smallest absolute Gasteiger partial charge is 0.227 e. The number of anilines is 1. The molecule has 1 aromatic heterocycles. The normalized spacial score (nSPS) is 17.1. The fraction of sp³-hybridized carbons (Fsp3) is 0.444. The zero-order valence-electron chi connectivity index (χ0n) is 7.46. The number of halogens is 1. The molecule has 0 radical (unpaired) electrons. The summed E-state index contributed by atoms with van der Waals surface area (Å²) in [6.07, 6.45) is 3.59. The second-order valence-corrected chi connectivity index (χ2v) is 4.18. The molecule has 1 aromatic rings. The first-order valence-electron chi connectivity index (χ1n) is 4.31. The summed E-state index contributed by atoms with van der Waals surface area (Å²) in [7, 11) is 1.83. The minimum absolute atomic E-state index is 0.198. The zero-order chi connectivity index (χ0) is 9.42. The van der Waals surface area contributed by atoms with Gasteiger partial charge < -0.3 is 9.47 Å². The molecule has 2 heterocycles. The molecule has 1 amide bonds. The lowest BCUT2D eigenvalue weighted by atomic mass is 10.3. The molecule has 2 rings (SSSR count). The maximum atomic E-state index is 11.5. The molecule has 0 spiro atoms. The summed E-state index contributed by atoms with van der Waals surface area (Å²) in [5.41, 5.74) is 0. The van der Waals surface area contributed by atoms with Crippen molar-refractivity contribution in [2.24, 2.45) is 0 Å². The number of rotatable bonds is 0. The SMILES string of the molecule is CN1C(=O)CCCn2cc(Br)cc21. The van der Waals surface area contributed by atoms with Crippen molar-refractivity contribution in [2.75, 3.05) is 11.9 Å². The molecule has 0 N–H and O–H groups in total. The van der Waals surface area contributed by atoms with Crippen LogP contribution >= 0.6 is 15.9 Å². The number of aromatic nitrogens is 1. The van der Waals surface area contributed by atoms with Crippen LogP contribution in [0.25, 0.3) is 0 Å². The summed E-state index contributed by atoms with van der Waals surface area (Å²) >= 11 is 3.41. The Bertz CT molecular complexity index is 345. The topological polar surface area (TPSA) is 25.2 Å². The number of carbonyl (C=O) groups excluding carboxylic acids is 1. The van der Waals surface area contributed by atoms with Crippen molar-refractivity contribution < 1.29 is 4.79 Å². The highest BCUT2D eigenvalue weighted by Crippen LogP contribution is 2.25. The summed E-state index contributed by atoms with van der Waals surface area (Å²) in [5, 5.41) is 0. The maximum Gasteiger partial charge on any atom is 0.227 e. The van der Waals surface area contributed by atoms with Gasteiger partial charge in [-0.05, 0) is 28.4 Å². The van der Waals surface area contributed by atoms with E-state index in [1.165, 1.54) is 0 Å². The summed E-state index contributed by atoms with van der Waals surface area (Å²) in [6.45, 7) is 0.928. The summed E-state index contributed by atoms with van der Waals surface area (Å²) in [4.78, 5) is 13.2. The fourth-order valence-corrected chi connectivity index (χ4v) is 2.08. The van der Waals surface area contributed by atoms with Crippen molar-refractivity contribution in [2.45, 2.75) is 19.4 Å². The van der Waals surface area contributed by atoms with Crippen LogP contribution in [0.1, 0.15) is 12.8 Å². The third-order valence-corrected chi connectivity index (χ3v) is 2.78. The molecule has 0 saturated heterocycles. The highest BCUT2D eigenvalue weighted by atomic mass is 79.9. The van der Waals surface area contributed by atoms with Crippen LogP contribution in [0.5, 0.6) is 0 Å². The van der Waals surface area contributed by atoms with E-state index in [0.717, 1.165) is 23.3 Å². The van der Waals surface area contributed by atoms with Crippen LogP contribution in [0.4, 0.5) is 5.82 Å². The Balaban J connectivity index is 2.44. The van der Waals surface area contributed by atoms with E-state index in [2.05, 4.69) is 20.5 Å². The Kier molecular flexibility index (Phi) is 2.15. The minimum atomic E-state index is 0.198. The van der Waals surface area contributed by atoms with E-state index in [0.29, 0.717) is 6.42 Å². The molecule has 70 valence electrons. The number of hydrogen-bond acceptors (Lipinski definition) is 1. The Morgan fingerprint density at radius 2 is 2.31 bits per heavy atom. The van der Waals surface area contributed by atoms with E-state index < -0.39 is 0 Å². The van der Waals surface area contributed by atoms with E-state index in [9.17, 15) is 4.79 Å². The van der Waals surface area contributed by atoms with E-state index in [1.54, 1.807) is 4.90 Å². The van der Waals surface area contributed by atoms with Crippen LogP contribution < -0.4 is 4.90 Å². The molecule has 3 nitrogen and oxygen atoms in total. The first-order valence-corrected chi connectivity index (χ1v) is 5.10. The van der Waals surface area contributed by atoms with Crippen molar-refractivity contribution in [3.8, 4) is 0 Å². The van der Waals surface area contributed by atoms with Gasteiger partial charge >= 0.3 is 0 Å². The number of amides is 1. The second-order valence-electron chi connectivity index (χ2n) is 3.27. The van der Waals surface area contributed by atoms with Crippen molar-refractivity contribution >= 4 is 27.7 Å². The highest BCUT2D eigenvalue weighted by Gasteiger charge is 2.18. The number of carbonyl (C=O) groups is 1. The van der Waals surface area contributed by atoms with Gasteiger partial charge in [-0.1, -0.05) is 0 Å². The molecule has 0 aliphatic carbocycles. The van der Waals surface area contributed by atoms with Crippen molar-refractivity contribution in [3.63, 3.8) is 0 Å². The minimum Gasteiger partial charge on any atom is -0.333 e. The van der Waals surface area contributed by atoms with Gasteiger partial charge in [0, 0.05) is 30.7 Å². The third-order valence-electron chi connectivity index (χ3n) is 2.35. The molecule has 0 atom stereocenters. The fourth-order valence-electron chi connectivity index (χ4n) is 1.62. The molecule has 1 aliphatic heterocycles. The summed E-state index contributed by atoms with van der Waals surface area (Å²) < 4.78 is 3.14. The average molecular weight is 243 g/mol. The molecule has 1 aliphatic rings. The van der Waals surface area contributed by atoms with Gasteiger partial charge in [0.2, 0.25) is 5.91 Å². The standard InChI is InChI=1S/C9H11BrN2O/c1-11-8-5-7(10)6-12(8)4-2-3-9(11)13/h5-6H,2-4H2,1H3. The van der Waals surface area contributed by atoms with Crippen molar-refractivity contribution in [3.05, 3.63) is 16.7 Å². The number of hydrogen-bond donors (Lipinski definition) is 0. The van der Waals surface area contributed by atoms with Gasteiger partial charge in [0.15, 0.2) is 0 Å². The summed E-state index contributed by atoms with van der Waals surface area (Å²) in [6, 6.07) is 1.98. The molecule has 0 aromatic carbocycles. The van der Waals surface area contributed by atoms with Gasteiger partial charge in [-0.2, -0.15) is 0 Å². The quantitative estimate of drug-likeness (QED) is 0.684. The molecule has 13 heavy (non-hydrogen) atoms. The number of aryl methyl sites for hydroxylation is 1. The second kappa shape index (κ2) is 3.18. The van der Waals surface area contributed by atoms with Gasteiger partial charge in [0.25, 0.3) is 0 Å². The third kappa shape index (κ3) is 1.50.